The molecule has 0 bridgehead atoms. The van der Waals surface area contributed by atoms with E-state index in [2.05, 4.69) is 114 Å². The lowest BCUT2D eigenvalue weighted by Crippen LogP contribution is -2.14. The van der Waals surface area contributed by atoms with Gasteiger partial charge in [-0.25, -0.2) is 4.39 Å². The third-order valence-electron chi connectivity index (χ3n) is 10.1. The largest absolute Gasteiger partial charge is 0.507 e. The molecule has 0 fully saturated rings. The molecule has 47 heavy (non-hydrogen) atoms. The van der Waals surface area contributed by atoms with E-state index in [1.165, 1.54) is 39.3 Å². The van der Waals surface area contributed by atoms with Crippen LogP contribution in [0, 0.1) is 5.82 Å². The minimum Gasteiger partial charge on any atom is -0.507 e. The van der Waals surface area contributed by atoms with E-state index in [0.29, 0.717) is 15.6 Å². The molecule has 0 radical (unpaired) electrons. The zero-order valence-corrected chi connectivity index (χ0v) is 29.6. The first-order chi connectivity index (χ1) is 22.5. The molecule has 1 N–H and O–H groups in total. The topological polar surface area (TPSA) is 33.4 Å². The highest BCUT2D eigenvalue weighted by atomic mass is 79.9. The highest BCUT2D eigenvalue weighted by Gasteiger charge is 2.37. The van der Waals surface area contributed by atoms with Crippen molar-refractivity contribution in [1.29, 1.82) is 0 Å². The van der Waals surface area contributed by atoms with Crippen molar-refractivity contribution in [1.82, 2.24) is 0 Å². The lowest BCUT2D eigenvalue weighted by Gasteiger charge is -2.22. The van der Waals surface area contributed by atoms with Gasteiger partial charge in [0.15, 0.2) is 0 Å². The lowest BCUT2D eigenvalue weighted by molar-refractivity contribution is 0.474. The molecule has 0 aliphatic heterocycles. The predicted octanol–water partition coefficient (Wildman–Crippen LogP) is 12.9. The number of aromatic hydroxyl groups is 1. The highest BCUT2D eigenvalue weighted by Crippen LogP contribution is 2.53. The molecule has 0 atom stereocenters. The Morgan fingerprint density at radius 2 is 1.13 bits per heavy atom. The summed E-state index contributed by atoms with van der Waals surface area (Å²) in [6, 6.07) is 36.1. The fraction of sp³-hybridized carbons (Fsp3) is 0.143. The molecule has 5 heteroatoms. The van der Waals surface area contributed by atoms with Crippen LogP contribution in [-0.4, -0.2) is 5.11 Å². The average Bonchev–Trinajstić information content (AvgIpc) is 3.61. The second-order valence-electron chi connectivity index (χ2n) is 13.5. The van der Waals surface area contributed by atoms with Gasteiger partial charge in [-0.05, 0) is 93.0 Å². The molecule has 0 saturated heterocycles. The molecule has 7 aromatic rings. The summed E-state index contributed by atoms with van der Waals surface area (Å²) in [6.45, 7) is 8.88. The van der Waals surface area contributed by atoms with Crippen LogP contribution in [0.5, 0.6) is 5.75 Å². The van der Waals surface area contributed by atoms with Crippen molar-refractivity contribution in [3.63, 3.8) is 0 Å². The number of hydrogen-bond acceptors (Lipinski definition) is 2. The number of benzene rings is 6. The summed E-state index contributed by atoms with van der Waals surface area (Å²) in [6.07, 6.45) is 0. The Bertz CT molecular complexity index is 2400. The van der Waals surface area contributed by atoms with Crippen LogP contribution in [0.25, 0.3) is 55.3 Å². The molecule has 2 aliphatic carbocycles. The Labute approximate surface area is 290 Å². The Morgan fingerprint density at radius 1 is 0.553 bits per heavy atom. The Morgan fingerprint density at radius 3 is 1.79 bits per heavy atom. The summed E-state index contributed by atoms with van der Waals surface area (Å²) in [4.78, 5) is 0. The summed E-state index contributed by atoms with van der Waals surface area (Å²) >= 11 is 7.07. The van der Waals surface area contributed by atoms with Crippen molar-refractivity contribution >= 4 is 53.8 Å². The summed E-state index contributed by atoms with van der Waals surface area (Å²) in [7, 11) is 0. The van der Waals surface area contributed by atoms with E-state index in [1.54, 1.807) is 18.2 Å². The van der Waals surface area contributed by atoms with E-state index in [0.717, 1.165) is 37.7 Å². The van der Waals surface area contributed by atoms with Gasteiger partial charge in [-0.3, -0.25) is 0 Å². The van der Waals surface area contributed by atoms with Gasteiger partial charge in [0.25, 0.3) is 0 Å². The first-order valence-corrected chi connectivity index (χ1v) is 17.2. The second kappa shape index (κ2) is 10.7. The Balaban J connectivity index is 0.000000138. The normalized spacial score (nSPS) is 14.7. The van der Waals surface area contributed by atoms with Gasteiger partial charge in [-0.1, -0.05) is 120 Å². The van der Waals surface area contributed by atoms with Gasteiger partial charge in [0.1, 0.15) is 22.7 Å². The van der Waals surface area contributed by atoms with E-state index in [4.69, 9.17) is 4.42 Å². The molecular weight excluding hydrogens is 715 g/mol. The quantitative estimate of drug-likeness (QED) is 0.181. The van der Waals surface area contributed by atoms with Crippen LogP contribution in [0.15, 0.2) is 123 Å². The van der Waals surface area contributed by atoms with Gasteiger partial charge >= 0.3 is 0 Å². The van der Waals surface area contributed by atoms with Gasteiger partial charge < -0.3 is 9.52 Å². The van der Waals surface area contributed by atoms with Crippen molar-refractivity contribution < 1.29 is 13.9 Å². The molecule has 1 aromatic heterocycles. The maximum atomic E-state index is 14.4. The van der Waals surface area contributed by atoms with E-state index >= 15 is 0 Å². The first-order valence-electron chi connectivity index (χ1n) is 15.7. The van der Waals surface area contributed by atoms with Gasteiger partial charge in [0, 0.05) is 41.7 Å². The number of fused-ring (bicyclic) bond motifs is 9. The van der Waals surface area contributed by atoms with Crippen molar-refractivity contribution in [2.45, 2.75) is 38.5 Å². The van der Waals surface area contributed by atoms with Crippen molar-refractivity contribution in [2.24, 2.45) is 0 Å². The molecule has 6 aromatic carbocycles. The lowest BCUT2D eigenvalue weighted by atomic mass is 9.82. The maximum absolute atomic E-state index is 14.4. The fourth-order valence-corrected chi connectivity index (χ4v) is 8.79. The number of phenolic OH excluding ortho intramolecular Hbond substituents is 1. The van der Waals surface area contributed by atoms with Crippen LogP contribution < -0.4 is 0 Å². The molecule has 1 heterocycles. The van der Waals surface area contributed by atoms with Crippen LogP contribution in [0.3, 0.4) is 0 Å². The molecule has 232 valence electrons. The Hall–Kier alpha value is -4.19. The molecule has 0 amide bonds. The standard InChI is InChI=1S/C21H16BrFO.C21H15BrO/c1-21(2)15-7-4-3-6-12(15)13-10-14(19(24)11-16(13)21)20-17(22)8-5-9-18(20)23;1-21(2)15-7-4-3-6-12(15)13-10-14-19(11-16(13)21)23-18-9-5-8-17(22)20(14)18/h3-11,24H,1-2H3;3-11H,1-2H3. The third kappa shape index (κ3) is 4.47. The molecule has 9 rings (SSSR count). The summed E-state index contributed by atoms with van der Waals surface area (Å²) in [5.41, 5.74) is 12.5. The SMILES string of the molecule is CC1(C)c2ccccc2-c2cc(-c3c(F)cccc3Br)c(O)cc21.CC1(C)c2ccccc2-c2cc3c(cc21)oc1cccc(Br)c13. The molecule has 0 saturated carbocycles. The first kappa shape index (κ1) is 30.2. The number of halogens is 3. The van der Waals surface area contributed by atoms with Crippen molar-refractivity contribution in [3.05, 3.63) is 146 Å². The number of rotatable bonds is 1. The van der Waals surface area contributed by atoms with Crippen LogP contribution in [0.4, 0.5) is 4.39 Å². The highest BCUT2D eigenvalue weighted by molar-refractivity contribution is 9.11. The predicted molar refractivity (Wildman–Crippen MR) is 198 cm³/mol. The van der Waals surface area contributed by atoms with Gasteiger partial charge in [0.05, 0.1) is 0 Å². The number of furan rings is 1. The average molecular weight is 747 g/mol. The number of phenols is 1. The zero-order valence-electron chi connectivity index (χ0n) is 26.4. The van der Waals surface area contributed by atoms with E-state index in [1.807, 2.05) is 30.3 Å². The Kier molecular flexibility index (Phi) is 6.84. The van der Waals surface area contributed by atoms with E-state index < -0.39 is 0 Å². The molecule has 0 spiro atoms. The third-order valence-corrected chi connectivity index (χ3v) is 11.4. The van der Waals surface area contributed by atoms with Gasteiger partial charge in [0.2, 0.25) is 0 Å². The fourth-order valence-electron chi connectivity index (χ4n) is 7.67. The van der Waals surface area contributed by atoms with E-state index in [9.17, 15) is 9.50 Å². The van der Waals surface area contributed by atoms with Crippen molar-refractivity contribution in [2.75, 3.05) is 0 Å². The minimum absolute atomic E-state index is 0.0102. The smallest absolute Gasteiger partial charge is 0.136 e. The van der Waals surface area contributed by atoms with Crippen LogP contribution in [-0.2, 0) is 10.8 Å². The summed E-state index contributed by atoms with van der Waals surface area (Å²) in [5.74, 6) is -0.259. The zero-order chi connectivity index (χ0) is 32.8. The maximum Gasteiger partial charge on any atom is 0.136 e. The molecular formula is C42H31Br2FO2. The molecule has 0 unspecified atom stereocenters. The monoisotopic (exact) mass is 744 g/mol. The van der Waals surface area contributed by atoms with Crippen LogP contribution >= 0.6 is 31.9 Å². The summed E-state index contributed by atoms with van der Waals surface area (Å²) < 4.78 is 22.2. The second-order valence-corrected chi connectivity index (χ2v) is 15.2. The van der Waals surface area contributed by atoms with Gasteiger partial charge in [-0.15, -0.1) is 0 Å². The molecule has 2 nitrogen and oxygen atoms in total. The van der Waals surface area contributed by atoms with Gasteiger partial charge in [-0.2, -0.15) is 0 Å². The minimum atomic E-state index is -0.356. The van der Waals surface area contributed by atoms with Crippen molar-refractivity contribution in [3.8, 4) is 39.1 Å². The van der Waals surface area contributed by atoms with E-state index in [-0.39, 0.29) is 22.4 Å². The number of hydrogen-bond donors (Lipinski definition) is 1. The van der Waals surface area contributed by atoms with Crippen LogP contribution in [0.1, 0.15) is 49.9 Å². The molecule has 2 aliphatic rings. The summed E-state index contributed by atoms with van der Waals surface area (Å²) in [5, 5.41) is 12.9. The van der Waals surface area contributed by atoms with Crippen LogP contribution in [0.2, 0.25) is 0 Å².